The number of nitrogens with one attached hydrogen (secondary N) is 2. The van der Waals surface area contributed by atoms with Gasteiger partial charge in [0.25, 0.3) is 11.8 Å². The van der Waals surface area contributed by atoms with Gasteiger partial charge in [0.1, 0.15) is 11.4 Å². The number of nitrogens with two attached hydrogens (primary N) is 1. The molecule has 2 aromatic heterocycles. The number of rotatable bonds is 7. The van der Waals surface area contributed by atoms with Crippen LogP contribution in [-0.4, -0.2) is 46.6 Å². The van der Waals surface area contributed by atoms with Crippen molar-refractivity contribution in [3.8, 4) is 5.75 Å². The number of carbonyl (C=O) groups is 2. The van der Waals surface area contributed by atoms with Crippen molar-refractivity contribution in [1.29, 1.82) is 0 Å². The molecule has 140 valence electrons. The monoisotopic (exact) mass is 368 g/mol. The summed E-state index contributed by atoms with van der Waals surface area (Å²) in [7, 11) is 1.48. The highest BCUT2D eigenvalue weighted by atomic mass is 16.5. The summed E-state index contributed by atoms with van der Waals surface area (Å²) in [4.78, 5) is 29.0. The maximum atomic E-state index is 12.5. The van der Waals surface area contributed by atoms with Crippen LogP contribution in [0.3, 0.4) is 0 Å². The minimum absolute atomic E-state index is 0.221. The van der Waals surface area contributed by atoms with Crippen LogP contribution in [0.4, 0.5) is 5.69 Å². The van der Waals surface area contributed by atoms with Gasteiger partial charge in [0, 0.05) is 18.4 Å². The Bertz CT molecular complexity index is 936. The lowest BCUT2D eigenvalue weighted by molar-refractivity contribution is 0.0949. The topological polar surface area (TPSA) is 124 Å². The van der Waals surface area contributed by atoms with Crippen LogP contribution in [0.1, 0.15) is 27.3 Å². The van der Waals surface area contributed by atoms with Gasteiger partial charge in [-0.25, -0.2) is 9.50 Å². The molecule has 2 amide bonds. The molecule has 1 aromatic carbocycles. The number of hydrogen-bond acceptors (Lipinski definition) is 6. The summed E-state index contributed by atoms with van der Waals surface area (Å²) in [5.41, 5.74) is 7.00. The van der Waals surface area contributed by atoms with Gasteiger partial charge in [-0.2, -0.15) is 5.10 Å². The Balaban J connectivity index is 1.78. The number of aromatic nitrogens is 3. The van der Waals surface area contributed by atoms with Gasteiger partial charge in [-0.3, -0.25) is 9.59 Å². The standard InChI is InChI=1S/C18H20N6O3/c1-27-15-6-5-12(10-13(15)17(25)20-8-3-7-19)22-18(26)14-11-24-16(23-14)4-2-9-21-24/h2,4-6,9-11H,3,7-8,19H2,1H3,(H,20,25)(H,22,26). The van der Waals surface area contributed by atoms with Gasteiger partial charge in [0.05, 0.1) is 18.9 Å². The van der Waals surface area contributed by atoms with Crippen molar-refractivity contribution in [2.24, 2.45) is 5.73 Å². The predicted octanol–water partition coefficient (Wildman–Crippen LogP) is 1.07. The van der Waals surface area contributed by atoms with Gasteiger partial charge in [-0.1, -0.05) is 0 Å². The summed E-state index contributed by atoms with van der Waals surface area (Å²) in [6.07, 6.45) is 3.82. The number of methoxy groups -OCH3 is 1. The zero-order valence-electron chi connectivity index (χ0n) is 14.8. The molecule has 3 aromatic rings. The number of nitrogens with zero attached hydrogens (tertiary/aromatic N) is 3. The third-order valence-electron chi connectivity index (χ3n) is 3.84. The fourth-order valence-electron chi connectivity index (χ4n) is 2.50. The summed E-state index contributed by atoms with van der Waals surface area (Å²) in [6, 6.07) is 8.33. The second-order valence-electron chi connectivity index (χ2n) is 5.72. The van der Waals surface area contributed by atoms with Crippen LogP contribution < -0.4 is 21.1 Å². The van der Waals surface area contributed by atoms with E-state index in [4.69, 9.17) is 10.5 Å². The van der Waals surface area contributed by atoms with Crippen molar-refractivity contribution in [2.75, 3.05) is 25.5 Å². The molecule has 0 atom stereocenters. The van der Waals surface area contributed by atoms with Crippen LogP contribution in [0, 0.1) is 0 Å². The van der Waals surface area contributed by atoms with E-state index in [1.165, 1.54) is 17.8 Å². The van der Waals surface area contributed by atoms with Gasteiger partial charge in [-0.15, -0.1) is 0 Å². The lowest BCUT2D eigenvalue weighted by Crippen LogP contribution is -2.26. The van der Waals surface area contributed by atoms with Gasteiger partial charge < -0.3 is 21.1 Å². The maximum absolute atomic E-state index is 12.5. The van der Waals surface area contributed by atoms with Gasteiger partial charge in [0.2, 0.25) is 0 Å². The summed E-state index contributed by atoms with van der Waals surface area (Å²) < 4.78 is 6.75. The molecular weight excluding hydrogens is 348 g/mol. The van der Waals surface area contributed by atoms with Gasteiger partial charge in [-0.05, 0) is 43.3 Å². The molecule has 4 N–H and O–H groups in total. The first-order valence-corrected chi connectivity index (χ1v) is 8.40. The predicted molar refractivity (Wildman–Crippen MR) is 99.9 cm³/mol. The van der Waals surface area contributed by atoms with Crippen LogP contribution in [0.15, 0.2) is 42.7 Å². The van der Waals surface area contributed by atoms with Crippen LogP contribution in [0.2, 0.25) is 0 Å². The maximum Gasteiger partial charge on any atom is 0.275 e. The Morgan fingerprint density at radius 2 is 2.11 bits per heavy atom. The van der Waals surface area contributed by atoms with E-state index in [1.54, 1.807) is 36.5 Å². The van der Waals surface area contributed by atoms with Crippen molar-refractivity contribution >= 4 is 23.1 Å². The summed E-state index contributed by atoms with van der Waals surface area (Å²) in [5.74, 6) is -0.288. The SMILES string of the molecule is COc1ccc(NC(=O)c2cn3ncccc3n2)cc1C(=O)NCCCN. The first-order valence-electron chi connectivity index (χ1n) is 8.40. The Kier molecular flexibility index (Phi) is 5.62. The zero-order valence-corrected chi connectivity index (χ0v) is 14.8. The second kappa shape index (κ2) is 8.28. The number of fused-ring (bicyclic) bond motifs is 1. The van der Waals surface area contributed by atoms with Crippen LogP contribution in [0.25, 0.3) is 5.65 Å². The Hall–Kier alpha value is -3.46. The third kappa shape index (κ3) is 4.21. The van der Waals surface area contributed by atoms with Crippen molar-refractivity contribution < 1.29 is 14.3 Å². The molecule has 9 nitrogen and oxygen atoms in total. The highest BCUT2D eigenvalue weighted by Gasteiger charge is 2.16. The number of carbonyl (C=O) groups excluding carboxylic acids is 2. The molecule has 0 saturated heterocycles. The molecule has 0 aliphatic heterocycles. The molecule has 0 aliphatic carbocycles. The van der Waals surface area contributed by atoms with Crippen LogP contribution in [-0.2, 0) is 0 Å². The fraction of sp³-hybridized carbons (Fsp3) is 0.222. The van der Waals surface area contributed by atoms with E-state index < -0.39 is 5.91 Å². The van der Waals surface area contributed by atoms with Crippen LogP contribution >= 0.6 is 0 Å². The molecule has 0 fully saturated rings. The van der Waals surface area contributed by atoms with E-state index in [-0.39, 0.29) is 11.6 Å². The number of benzene rings is 1. The van der Waals surface area contributed by atoms with Gasteiger partial charge >= 0.3 is 0 Å². The van der Waals surface area contributed by atoms with E-state index in [0.717, 1.165) is 0 Å². The fourth-order valence-corrected chi connectivity index (χ4v) is 2.50. The molecule has 0 bridgehead atoms. The first-order chi connectivity index (χ1) is 13.1. The van der Waals surface area contributed by atoms with Crippen molar-refractivity contribution in [2.45, 2.75) is 6.42 Å². The van der Waals surface area contributed by atoms with E-state index in [1.807, 2.05) is 0 Å². The number of amides is 2. The van der Waals surface area contributed by atoms with Gasteiger partial charge in [0.15, 0.2) is 5.65 Å². The molecule has 0 aliphatic rings. The normalized spacial score (nSPS) is 10.6. The molecule has 0 unspecified atom stereocenters. The van der Waals surface area contributed by atoms with Crippen molar-refractivity contribution in [3.63, 3.8) is 0 Å². The Morgan fingerprint density at radius 1 is 1.26 bits per heavy atom. The Morgan fingerprint density at radius 3 is 2.85 bits per heavy atom. The minimum Gasteiger partial charge on any atom is -0.496 e. The summed E-state index contributed by atoms with van der Waals surface area (Å²) >= 11 is 0. The average molecular weight is 368 g/mol. The zero-order chi connectivity index (χ0) is 19.2. The minimum atomic E-state index is -0.403. The van der Waals surface area contributed by atoms with E-state index in [2.05, 4.69) is 20.7 Å². The lowest BCUT2D eigenvalue weighted by Gasteiger charge is -2.11. The van der Waals surface area contributed by atoms with Crippen LogP contribution in [0.5, 0.6) is 5.75 Å². The highest BCUT2D eigenvalue weighted by Crippen LogP contribution is 2.23. The number of anilines is 1. The number of hydrogen-bond donors (Lipinski definition) is 3. The Labute approximate surface area is 155 Å². The average Bonchev–Trinajstić information content (AvgIpc) is 3.12. The quantitative estimate of drug-likeness (QED) is 0.536. The van der Waals surface area contributed by atoms with E-state index in [9.17, 15) is 9.59 Å². The molecule has 3 rings (SSSR count). The second-order valence-corrected chi connectivity index (χ2v) is 5.72. The summed E-state index contributed by atoms with van der Waals surface area (Å²) in [5, 5.41) is 9.59. The first kappa shape index (κ1) is 18.3. The molecule has 2 heterocycles. The lowest BCUT2D eigenvalue weighted by atomic mass is 10.1. The molecular formula is C18H20N6O3. The molecule has 0 saturated carbocycles. The van der Waals surface area contributed by atoms with E-state index in [0.29, 0.717) is 42.2 Å². The van der Waals surface area contributed by atoms with E-state index >= 15 is 0 Å². The smallest absolute Gasteiger partial charge is 0.275 e. The molecule has 0 radical (unpaired) electrons. The largest absolute Gasteiger partial charge is 0.496 e. The number of imidazole rings is 1. The molecule has 0 spiro atoms. The molecule has 27 heavy (non-hydrogen) atoms. The van der Waals surface area contributed by atoms with Crippen molar-refractivity contribution in [3.05, 3.63) is 54.0 Å². The summed E-state index contributed by atoms with van der Waals surface area (Å²) in [6.45, 7) is 0.949. The third-order valence-corrected chi connectivity index (χ3v) is 3.84. The van der Waals surface area contributed by atoms with Crippen molar-refractivity contribution in [1.82, 2.24) is 19.9 Å². The number of ether oxygens (including phenoxy) is 1. The molecule has 9 heteroatoms. The highest BCUT2D eigenvalue weighted by molar-refractivity contribution is 6.04.